The number of rotatable bonds is 7. The summed E-state index contributed by atoms with van der Waals surface area (Å²) in [6, 6.07) is 17.3. The summed E-state index contributed by atoms with van der Waals surface area (Å²) in [5.41, 5.74) is 4.96. The molecule has 0 amide bonds. The molecule has 0 heterocycles. The molecule has 2 heteroatoms. The molecule has 0 aliphatic heterocycles. The monoisotopic (exact) mass is 358 g/mol. The summed E-state index contributed by atoms with van der Waals surface area (Å²) in [4.78, 5) is 0. The molecule has 0 saturated heterocycles. The van der Waals surface area contributed by atoms with E-state index >= 15 is 0 Å². The van der Waals surface area contributed by atoms with Crippen LogP contribution in [-0.2, 0) is 6.42 Å². The molecule has 0 aromatic heterocycles. The van der Waals surface area contributed by atoms with Gasteiger partial charge in [-0.3, -0.25) is 0 Å². The molecule has 0 unspecified atom stereocenters. The van der Waals surface area contributed by atoms with E-state index in [-0.39, 0.29) is 0 Å². The fraction of sp³-hybridized carbons (Fsp3) is 0.360. The summed E-state index contributed by atoms with van der Waals surface area (Å²) in [6.45, 7) is 6.13. The van der Waals surface area contributed by atoms with Crippen molar-refractivity contribution in [1.82, 2.24) is 0 Å². The Bertz CT molecular complexity index is 761. The second-order valence-corrected chi connectivity index (χ2v) is 7.68. The predicted molar refractivity (Wildman–Crippen MR) is 117 cm³/mol. The first kappa shape index (κ1) is 19.3. The first-order valence-corrected chi connectivity index (χ1v) is 10.1. The van der Waals surface area contributed by atoms with Gasteiger partial charge in [0.2, 0.25) is 0 Å². The van der Waals surface area contributed by atoms with Gasteiger partial charge in [0.1, 0.15) is 0 Å². The van der Waals surface area contributed by atoms with Crippen molar-refractivity contribution >= 4 is 12.4 Å². The lowest BCUT2D eigenvalue weighted by Gasteiger charge is -2.26. The minimum atomic E-state index is 0.736. The normalized spacial score (nSPS) is 20.3. The van der Waals surface area contributed by atoms with Crippen molar-refractivity contribution in [2.75, 3.05) is 0 Å². The summed E-state index contributed by atoms with van der Waals surface area (Å²) in [7, 11) is 0. The van der Waals surface area contributed by atoms with E-state index in [0.29, 0.717) is 0 Å². The smallest absolute Gasteiger partial charge is 0.0568 e. The lowest BCUT2D eigenvalue weighted by molar-refractivity contribution is 0.348. The van der Waals surface area contributed by atoms with E-state index in [0.717, 1.165) is 35.8 Å². The highest BCUT2D eigenvalue weighted by molar-refractivity contribution is 5.82. The molecular formula is C25H30N2. The van der Waals surface area contributed by atoms with Crippen LogP contribution in [0.5, 0.6) is 0 Å². The molecule has 0 radical (unpaired) electrons. The molecule has 1 aliphatic carbocycles. The van der Waals surface area contributed by atoms with Crippen molar-refractivity contribution in [2.24, 2.45) is 16.1 Å². The number of hydrogen-bond acceptors (Lipinski definition) is 2. The Hall–Kier alpha value is -2.48. The summed E-state index contributed by atoms with van der Waals surface area (Å²) in [5.74, 6) is 1.63. The van der Waals surface area contributed by atoms with Crippen LogP contribution in [0.1, 0.15) is 67.2 Å². The standard InChI is InChI=1S/C25H30N2/c1-3-4-5-21-8-10-22(11-9-21)18-26-27-19-23-12-16-25(17-13-23)24-14-6-20(2)7-15-24/h3,8-13,16-20,24H,1,4-7,14-15H2,2H3/t20-,24-. The molecule has 0 N–H and O–H groups in total. The fourth-order valence-electron chi connectivity index (χ4n) is 3.69. The lowest BCUT2D eigenvalue weighted by Crippen LogP contribution is -2.10. The van der Waals surface area contributed by atoms with E-state index in [4.69, 9.17) is 0 Å². The van der Waals surface area contributed by atoms with Crippen molar-refractivity contribution in [2.45, 2.75) is 51.4 Å². The van der Waals surface area contributed by atoms with Crippen molar-refractivity contribution in [1.29, 1.82) is 0 Å². The summed E-state index contributed by atoms with van der Waals surface area (Å²) < 4.78 is 0. The first-order chi connectivity index (χ1) is 13.2. The van der Waals surface area contributed by atoms with Gasteiger partial charge in [0.05, 0.1) is 12.4 Å². The average Bonchev–Trinajstić information content (AvgIpc) is 2.72. The van der Waals surface area contributed by atoms with Crippen LogP contribution in [0.4, 0.5) is 0 Å². The number of allylic oxidation sites excluding steroid dienone is 1. The lowest BCUT2D eigenvalue weighted by atomic mass is 9.79. The van der Waals surface area contributed by atoms with Gasteiger partial charge in [-0.25, -0.2) is 0 Å². The maximum Gasteiger partial charge on any atom is 0.0568 e. The van der Waals surface area contributed by atoms with Crippen LogP contribution in [0.15, 0.2) is 71.4 Å². The zero-order chi connectivity index (χ0) is 18.9. The Balaban J connectivity index is 1.51. The molecule has 1 aliphatic rings. The van der Waals surface area contributed by atoms with Gasteiger partial charge < -0.3 is 0 Å². The summed E-state index contributed by atoms with van der Waals surface area (Å²) in [5, 5.41) is 8.37. The first-order valence-electron chi connectivity index (χ1n) is 10.1. The summed E-state index contributed by atoms with van der Waals surface area (Å²) >= 11 is 0. The summed E-state index contributed by atoms with van der Waals surface area (Å²) in [6.07, 6.45) is 13.0. The van der Waals surface area contributed by atoms with Gasteiger partial charge in [-0.05, 0) is 59.8 Å². The van der Waals surface area contributed by atoms with E-state index in [2.05, 4.69) is 72.2 Å². The van der Waals surface area contributed by atoms with Crippen molar-refractivity contribution in [3.63, 3.8) is 0 Å². The molecule has 140 valence electrons. The Labute approximate surface area is 163 Å². The highest BCUT2D eigenvalue weighted by Gasteiger charge is 2.19. The van der Waals surface area contributed by atoms with Gasteiger partial charge in [0.15, 0.2) is 0 Å². The second kappa shape index (κ2) is 10.0. The molecule has 2 nitrogen and oxygen atoms in total. The van der Waals surface area contributed by atoms with E-state index in [1.54, 1.807) is 6.21 Å². The molecular weight excluding hydrogens is 328 g/mol. The number of nitrogens with zero attached hydrogens (tertiary/aromatic N) is 2. The Kier molecular flexibility index (Phi) is 7.15. The Morgan fingerprint density at radius 1 is 0.852 bits per heavy atom. The third-order valence-corrected chi connectivity index (χ3v) is 5.52. The highest BCUT2D eigenvalue weighted by atomic mass is 15.2. The number of benzene rings is 2. The second-order valence-electron chi connectivity index (χ2n) is 7.68. The highest BCUT2D eigenvalue weighted by Crippen LogP contribution is 2.35. The molecule has 1 fully saturated rings. The van der Waals surface area contributed by atoms with Gasteiger partial charge in [0, 0.05) is 0 Å². The molecule has 2 aromatic carbocycles. The van der Waals surface area contributed by atoms with Crippen LogP contribution < -0.4 is 0 Å². The third-order valence-electron chi connectivity index (χ3n) is 5.52. The van der Waals surface area contributed by atoms with E-state index in [1.807, 2.05) is 12.3 Å². The minimum Gasteiger partial charge on any atom is -0.159 e. The van der Waals surface area contributed by atoms with Crippen LogP contribution in [0.25, 0.3) is 0 Å². The quantitative estimate of drug-likeness (QED) is 0.304. The van der Waals surface area contributed by atoms with Crippen LogP contribution in [0, 0.1) is 5.92 Å². The molecule has 0 atom stereocenters. The van der Waals surface area contributed by atoms with Crippen LogP contribution >= 0.6 is 0 Å². The zero-order valence-electron chi connectivity index (χ0n) is 16.3. The minimum absolute atomic E-state index is 0.736. The topological polar surface area (TPSA) is 24.7 Å². The van der Waals surface area contributed by atoms with Gasteiger partial charge >= 0.3 is 0 Å². The number of hydrogen-bond donors (Lipinski definition) is 0. The van der Waals surface area contributed by atoms with Gasteiger partial charge in [-0.15, -0.1) is 6.58 Å². The maximum atomic E-state index is 4.19. The fourth-order valence-corrected chi connectivity index (χ4v) is 3.69. The van der Waals surface area contributed by atoms with E-state index in [1.165, 1.54) is 36.8 Å². The number of aryl methyl sites for hydroxylation is 1. The Morgan fingerprint density at radius 3 is 1.96 bits per heavy atom. The van der Waals surface area contributed by atoms with Gasteiger partial charge in [-0.2, -0.15) is 10.2 Å². The van der Waals surface area contributed by atoms with Gasteiger partial charge in [0.25, 0.3) is 0 Å². The van der Waals surface area contributed by atoms with Crippen LogP contribution in [0.2, 0.25) is 0 Å². The molecule has 3 rings (SSSR count). The predicted octanol–water partition coefficient (Wildman–Crippen LogP) is 6.55. The molecule has 1 saturated carbocycles. The zero-order valence-corrected chi connectivity index (χ0v) is 16.3. The maximum absolute atomic E-state index is 4.19. The Morgan fingerprint density at radius 2 is 1.41 bits per heavy atom. The molecule has 0 bridgehead atoms. The molecule has 27 heavy (non-hydrogen) atoms. The van der Waals surface area contributed by atoms with E-state index in [9.17, 15) is 0 Å². The molecule has 0 spiro atoms. The molecule has 2 aromatic rings. The average molecular weight is 359 g/mol. The van der Waals surface area contributed by atoms with Crippen molar-refractivity contribution in [3.8, 4) is 0 Å². The third kappa shape index (κ3) is 6.02. The van der Waals surface area contributed by atoms with Gasteiger partial charge in [-0.1, -0.05) is 74.4 Å². The van der Waals surface area contributed by atoms with Crippen molar-refractivity contribution in [3.05, 3.63) is 83.4 Å². The van der Waals surface area contributed by atoms with Crippen LogP contribution in [0.3, 0.4) is 0 Å². The van der Waals surface area contributed by atoms with Crippen molar-refractivity contribution < 1.29 is 0 Å². The van der Waals surface area contributed by atoms with Crippen LogP contribution in [-0.4, -0.2) is 12.4 Å². The largest absolute Gasteiger partial charge is 0.159 e. The SMILES string of the molecule is C=CCCc1ccc(C=NN=Cc2ccc([C@H]3CC[C@H](C)CC3)cc2)cc1. The van der Waals surface area contributed by atoms with E-state index < -0.39 is 0 Å².